The normalized spacial score (nSPS) is 9.29. The lowest BCUT2D eigenvalue weighted by Gasteiger charge is -1.89. The van der Waals surface area contributed by atoms with Gasteiger partial charge in [-0.05, 0) is 5.56 Å². The maximum atomic E-state index is 10.1. The molecule has 0 fully saturated rings. The van der Waals surface area contributed by atoms with Gasteiger partial charge < -0.3 is 9.84 Å². The van der Waals surface area contributed by atoms with Crippen LogP contribution in [0.25, 0.3) is 6.08 Å². The third-order valence-electron chi connectivity index (χ3n) is 1.69. The van der Waals surface area contributed by atoms with E-state index < -0.39 is 5.97 Å². The van der Waals surface area contributed by atoms with Crippen LogP contribution < -0.4 is 0 Å². The summed E-state index contributed by atoms with van der Waals surface area (Å²) in [6.45, 7) is 1.36. The number of aliphatic carboxylic acids is 1. The maximum absolute atomic E-state index is 10.1. The molecule has 1 aromatic carbocycles. The van der Waals surface area contributed by atoms with Crippen LogP contribution in [0.4, 0.5) is 0 Å². The lowest BCUT2D eigenvalue weighted by atomic mass is 10.2. The first-order valence-corrected chi connectivity index (χ1v) is 5.04. The van der Waals surface area contributed by atoms with Crippen molar-refractivity contribution in [3.8, 4) is 0 Å². The van der Waals surface area contributed by atoms with E-state index in [-0.39, 0.29) is 12.4 Å². The van der Waals surface area contributed by atoms with Crippen molar-refractivity contribution in [2.75, 3.05) is 7.11 Å². The summed E-state index contributed by atoms with van der Waals surface area (Å²) in [5.74, 6) is -1.05. The summed E-state index contributed by atoms with van der Waals surface area (Å²) >= 11 is 0. The molecule has 92 valence electrons. The molecule has 0 saturated carbocycles. The number of carboxylic acids is 1. The van der Waals surface area contributed by atoms with E-state index in [0.29, 0.717) is 0 Å². The molecule has 1 rings (SSSR count). The minimum absolute atomic E-state index is 0.0783. The monoisotopic (exact) mass is 236 g/mol. The molecule has 0 aromatic heterocycles. The van der Waals surface area contributed by atoms with Crippen LogP contribution in [-0.4, -0.2) is 24.2 Å². The molecule has 0 atom stereocenters. The summed E-state index contributed by atoms with van der Waals surface area (Å²) in [6, 6.07) is 9.62. The second-order valence-corrected chi connectivity index (χ2v) is 3.11. The summed E-state index contributed by atoms with van der Waals surface area (Å²) in [4.78, 5) is 19.7. The topological polar surface area (TPSA) is 63.6 Å². The molecule has 0 aliphatic rings. The van der Waals surface area contributed by atoms with Crippen molar-refractivity contribution < 1.29 is 19.4 Å². The number of hydrogen-bond donors (Lipinski definition) is 1. The number of ether oxygens (including phenoxy) is 1. The van der Waals surface area contributed by atoms with E-state index in [1.165, 1.54) is 14.0 Å². The highest BCUT2D eigenvalue weighted by molar-refractivity contribution is 5.70. The Morgan fingerprint density at radius 1 is 1.29 bits per heavy atom. The second kappa shape index (κ2) is 9.15. The quantitative estimate of drug-likeness (QED) is 0.818. The molecule has 17 heavy (non-hydrogen) atoms. The molecule has 0 radical (unpaired) electrons. The minimum Gasteiger partial charge on any atom is -0.481 e. The molecule has 0 unspecified atom stereocenters. The number of carbonyl (C=O) groups excluding carboxylic acids is 1. The fourth-order valence-electron chi connectivity index (χ4n) is 0.860. The third-order valence-corrected chi connectivity index (χ3v) is 1.69. The van der Waals surface area contributed by atoms with Crippen LogP contribution in [0, 0.1) is 0 Å². The van der Waals surface area contributed by atoms with Crippen LogP contribution in [0.3, 0.4) is 0 Å². The van der Waals surface area contributed by atoms with Gasteiger partial charge in [-0.15, -0.1) is 0 Å². The Morgan fingerprint density at radius 2 is 1.82 bits per heavy atom. The Bertz CT molecular complexity index is 368. The van der Waals surface area contributed by atoms with Crippen LogP contribution in [0.2, 0.25) is 0 Å². The summed E-state index contributed by atoms with van der Waals surface area (Å²) in [5.41, 5.74) is 1.03. The lowest BCUT2D eigenvalue weighted by Crippen LogP contribution is -1.89. The highest BCUT2D eigenvalue weighted by Crippen LogP contribution is 2.01. The van der Waals surface area contributed by atoms with Crippen LogP contribution in [0.1, 0.15) is 18.9 Å². The molecular weight excluding hydrogens is 220 g/mol. The van der Waals surface area contributed by atoms with Gasteiger partial charge in [0.25, 0.3) is 0 Å². The zero-order valence-electron chi connectivity index (χ0n) is 9.92. The fraction of sp³-hybridized carbons (Fsp3) is 0.231. The molecule has 0 bridgehead atoms. The minimum atomic E-state index is -0.804. The molecule has 1 aromatic rings. The van der Waals surface area contributed by atoms with Gasteiger partial charge in [-0.1, -0.05) is 42.5 Å². The van der Waals surface area contributed by atoms with Gasteiger partial charge in [0.2, 0.25) is 0 Å². The molecule has 4 heteroatoms. The first-order chi connectivity index (χ1) is 8.06. The van der Waals surface area contributed by atoms with Crippen molar-refractivity contribution in [2.45, 2.75) is 13.3 Å². The smallest absolute Gasteiger partial charge is 0.307 e. The van der Waals surface area contributed by atoms with Gasteiger partial charge in [-0.3, -0.25) is 9.59 Å². The number of rotatable bonds is 3. The molecule has 0 aliphatic heterocycles. The Balaban J connectivity index is 0.000000437. The lowest BCUT2D eigenvalue weighted by molar-refractivity contribution is -0.138. The van der Waals surface area contributed by atoms with Gasteiger partial charge in [-0.25, -0.2) is 0 Å². The number of carboxylic acid groups (broad SMARTS) is 1. The summed E-state index contributed by atoms with van der Waals surface area (Å²) in [5, 5.41) is 8.34. The number of methoxy groups -OCH3 is 1. The van der Waals surface area contributed by atoms with Crippen molar-refractivity contribution in [3.63, 3.8) is 0 Å². The van der Waals surface area contributed by atoms with Crippen LogP contribution in [0.15, 0.2) is 36.4 Å². The van der Waals surface area contributed by atoms with Crippen molar-refractivity contribution >= 4 is 18.0 Å². The number of hydrogen-bond acceptors (Lipinski definition) is 3. The summed E-state index contributed by atoms with van der Waals surface area (Å²) < 4.78 is 4.11. The Labute approximate surface area is 101 Å². The predicted octanol–water partition coefficient (Wildman–Crippen LogP) is 2.35. The standard InChI is InChI=1S/C10H10O2.C3H6O2/c11-10(12)8-4-7-9-5-2-1-3-6-9;1-3(4)5-2/h1-7H,8H2,(H,11,12);1-2H3/b7-4-;. The van der Waals surface area contributed by atoms with E-state index in [1.54, 1.807) is 12.2 Å². The Kier molecular flexibility index (Phi) is 8.02. The van der Waals surface area contributed by atoms with E-state index in [4.69, 9.17) is 5.11 Å². The molecular formula is C13H16O4. The number of esters is 1. The molecule has 0 aliphatic carbocycles. The van der Waals surface area contributed by atoms with E-state index in [9.17, 15) is 9.59 Å². The first kappa shape index (κ1) is 14.9. The first-order valence-electron chi connectivity index (χ1n) is 5.04. The van der Waals surface area contributed by atoms with Gasteiger partial charge >= 0.3 is 11.9 Å². The average molecular weight is 236 g/mol. The van der Waals surface area contributed by atoms with E-state index in [0.717, 1.165) is 5.56 Å². The number of benzene rings is 1. The largest absolute Gasteiger partial charge is 0.481 e. The molecule has 1 N–H and O–H groups in total. The molecule has 4 nitrogen and oxygen atoms in total. The van der Waals surface area contributed by atoms with Crippen LogP contribution >= 0.6 is 0 Å². The van der Waals surface area contributed by atoms with Crippen molar-refractivity contribution in [2.24, 2.45) is 0 Å². The summed E-state index contributed by atoms with van der Waals surface area (Å²) in [6.07, 6.45) is 3.51. The van der Waals surface area contributed by atoms with Gasteiger partial charge in [0.1, 0.15) is 0 Å². The maximum Gasteiger partial charge on any atom is 0.307 e. The zero-order chi connectivity index (χ0) is 13.1. The average Bonchev–Trinajstić information content (AvgIpc) is 2.30. The van der Waals surface area contributed by atoms with Crippen LogP contribution in [0.5, 0.6) is 0 Å². The fourth-order valence-corrected chi connectivity index (χ4v) is 0.860. The van der Waals surface area contributed by atoms with Gasteiger partial charge in [-0.2, -0.15) is 0 Å². The molecule has 0 amide bonds. The Hall–Kier alpha value is -2.10. The predicted molar refractivity (Wildman–Crippen MR) is 65.4 cm³/mol. The number of carbonyl (C=O) groups is 2. The third kappa shape index (κ3) is 10.2. The van der Waals surface area contributed by atoms with Crippen molar-refractivity contribution in [1.82, 2.24) is 0 Å². The highest BCUT2D eigenvalue weighted by Gasteiger charge is 1.89. The molecule has 0 spiro atoms. The second-order valence-electron chi connectivity index (χ2n) is 3.11. The van der Waals surface area contributed by atoms with Crippen molar-refractivity contribution in [1.29, 1.82) is 0 Å². The van der Waals surface area contributed by atoms with Crippen LogP contribution in [-0.2, 0) is 14.3 Å². The Morgan fingerprint density at radius 3 is 2.24 bits per heavy atom. The van der Waals surface area contributed by atoms with Gasteiger partial charge in [0, 0.05) is 6.92 Å². The summed E-state index contributed by atoms with van der Waals surface area (Å²) in [7, 11) is 1.35. The zero-order valence-corrected chi connectivity index (χ0v) is 9.92. The highest BCUT2D eigenvalue weighted by atomic mass is 16.5. The van der Waals surface area contributed by atoms with E-state index in [1.807, 2.05) is 30.3 Å². The molecule has 0 heterocycles. The van der Waals surface area contributed by atoms with E-state index >= 15 is 0 Å². The van der Waals surface area contributed by atoms with Gasteiger partial charge in [0.05, 0.1) is 13.5 Å². The van der Waals surface area contributed by atoms with Gasteiger partial charge in [0.15, 0.2) is 0 Å². The van der Waals surface area contributed by atoms with E-state index in [2.05, 4.69) is 4.74 Å². The van der Waals surface area contributed by atoms with Crippen molar-refractivity contribution in [3.05, 3.63) is 42.0 Å². The molecule has 0 saturated heterocycles. The SMILES string of the molecule is COC(C)=O.O=C(O)C/C=C\c1ccccc1.